The summed E-state index contributed by atoms with van der Waals surface area (Å²) in [5.74, 6) is 1.13. The Hall–Kier alpha value is -0.570. The fraction of sp³-hybridized carbons (Fsp3) is 0.769. The first kappa shape index (κ1) is 16.8. The van der Waals surface area contributed by atoms with Crippen molar-refractivity contribution in [2.24, 2.45) is 0 Å². The smallest absolute Gasteiger partial charge is 0.244 e. The van der Waals surface area contributed by atoms with E-state index < -0.39 is 10.0 Å². The zero-order valence-electron chi connectivity index (χ0n) is 12.8. The van der Waals surface area contributed by atoms with E-state index in [0.29, 0.717) is 34.6 Å². The first-order valence-electron chi connectivity index (χ1n) is 7.25. The van der Waals surface area contributed by atoms with E-state index in [1.165, 1.54) is 6.42 Å². The Labute approximate surface area is 131 Å². The number of hydrogen-bond acceptors (Lipinski definition) is 5. The SMILES string of the molecule is CNCCn1nc(C)c(S(=O)(=O)NCC2CCCS2)c1C. The van der Waals surface area contributed by atoms with Crippen molar-refractivity contribution >= 4 is 21.8 Å². The summed E-state index contributed by atoms with van der Waals surface area (Å²) in [6.07, 6.45) is 2.27. The van der Waals surface area contributed by atoms with Crippen LogP contribution in [0.1, 0.15) is 24.2 Å². The Morgan fingerprint density at radius 3 is 2.81 bits per heavy atom. The van der Waals surface area contributed by atoms with E-state index in [4.69, 9.17) is 0 Å². The second-order valence-corrected chi connectivity index (χ2v) is 8.43. The van der Waals surface area contributed by atoms with Gasteiger partial charge in [0.15, 0.2) is 0 Å². The van der Waals surface area contributed by atoms with E-state index in [9.17, 15) is 8.42 Å². The molecule has 21 heavy (non-hydrogen) atoms. The molecular weight excluding hydrogens is 308 g/mol. The molecule has 2 heterocycles. The largest absolute Gasteiger partial charge is 0.318 e. The summed E-state index contributed by atoms with van der Waals surface area (Å²) in [5.41, 5.74) is 1.27. The summed E-state index contributed by atoms with van der Waals surface area (Å²) in [4.78, 5) is 0.335. The third-order valence-corrected chi connectivity index (χ3v) is 6.76. The van der Waals surface area contributed by atoms with E-state index in [-0.39, 0.29) is 0 Å². The van der Waals surface area contributed by atoms with Crippen LogP contribution in [0.3, 0.4) is 0 Å². The van der Waals surface area contributed by atoms with E-state index in [1.807, 2.05) is 25.7 Å². The lowest BCUT2D eigenvalue weighted by Crippen LogP contribution is -2.30. The zero-order chi connectivity index (χ0) is 15.5. The first-order chi connectivity index (χ1) is 9.95. The van der Waals surface area contributed by atoms with E-state index in [2.05, 4.69) is 15.1 Å². The Balaban J connectivity index is 2.13. The van der Waals surface area contributed by atoms with Gasteiger partial charge in [-0.15, -0.1) is 0 Å². The quantitative estimate of drug-likeness (QED) is 0.776. The van der Waals surface area contributed by atoms with Crippen LogP contribution in [-0.2, 0) is 16.6 Å². The first-order valence-corrected chi connectivity index (χ1v) is 9.78. The fourth-order valence-corrected chi connectivity index (χ4v) is 5.38. The van der Waals surface area contributed by atoms with Gasteiger partial charge < -0.3 is 5.32 Å². The van der Waals surface area contributed by atoms with Gasteiger partial charge in [-0.3, -0.25) is 4.68 Å². The van der Waals surface area contributed by atoms with Crippen LogP contribution < -0.4 is 10.0 Å². The van der Waals surface area contributed by atoms with Gasteiger partial charge in [-0.05, 0) is 39.5 Å². The van der Waals surface area contributed by atoms with E-state index >= 15 is 0 Å². The second-order valence-electron chi connectivity index (χ2n) is 5.31. The van der Waals surface area contributed by atoms with Crippen molar-refractivity contribution in [2.75, 3.05) is 25.9 Å². The maximum Gasteiger partial charge on any atom is 0.244 e. The molecule has 120 valence electrons. The Morgan fingerprint density at radius 2 is 2.19 bits per heavy atom. The molecule has 1 aromatic heterocycles. The van der Waals surface area contributed by atoms with Gasteiger partial charge in [0.1, 0.15) is 4.90 Å². The average molecular weight is 332 g/mol. The second kappa shape index (κ2) is 7.13. The fourth-order valence-electron chi connectivity index (χ4n) is 2.58. The number of nitrogens with zero attached hydrogens (tertiary/aromatic N) is 2. The van der Waals surface area contributed by atoms with Crippen molar-refractivity contribution in [3.05, 3.63) is 11.4 Å². The van der Waals surface area contributed by atoms with Crippen LogP contribution in [0.25, 0.3) is 0 Å². The number of nitrogens with one attached hydrogen (secondary N) is 2. The molecule has 2 rings (SSSR count). The van der Waals surface area contributed by atoms with Crippen molar-refractivity contribution in [3.63, 3.8) is 0 Å². The number of aryl methyl sites for hydroxylation is 1. The van der Waals surface area contributed by atoms with Gasteiger partial charge >= 0.3 is 0 Å². The van der Waals surface area contributed by atoms with Gasteiger partial charge in [0.05, 0.1) is 17.9 Å². The predicted octanol–water partition coefficient (Wildman–Crippen LogP) is 0.893. The van der Waals surface area contributed by atoms with Crippen LogP contribution >= 0.6 is 11.8 Å². The molecule has 0 spiro atoms. The molecule has 0 bridgehead atoms. The highest BCUT2D eigenvalue weighted by Gasteiger charge is 2.26. The molecule has 0 aliphatic carbocycles. The zero-order valence-corrected chi connectivity index (χ0v) is 14.5. The molecular formula is C13H24N4O2S2. The number of sulfonamides is 1. The van der Waals surface area contributed by atoms with Crippen molar-refractivity contribution in [3.8, 4) is 0 Å². The minimum atomic E-state index is -3.48. The minimum absolute atomic E-state index is 0.335. The number of aromatic nitrogens is 2. The lowest BCUT2D eigenvalue weighted by atomic mass is 10.2. The minimum Gasteiger partial charge on any atom is -0.318 e. The van der Waals surface area contributed by atoms with Gasteiger partial charge in [-0.1, -0.05) is 0 Å². The summed E-state index contributed by atoms with van der Waals surface area (Å²) >= 11 is 1.85. The van der Waals surface area contributed by atoms with Gasteiger partial charge in [0.2, 0.25) is 10.0 Å². The van der Waals surface area contributed by atoms with Crippen LogP contribution in [0.2, 0.25) is 0 Å². The van der Waals surface area contributed by atoms with Crippen molar-refractivity contribution < 1.29 is 8.42 Å². The number of rotatable bonds is 7. The third kappa shape index (κ3) is 4.00. The highest BCUT2D eigenvalue weighted by Crippen LogP contribution is 2.26. The molecule has 1 aliphatic heterocycles. The summed E-state index contributed by atoms with van der Waals surface area (Å²) in [7, 11) is -1.62. The molecule has 1 unspecified atom stereocenters. The molecule has 0 amide bonds. The van der Waals surface area contributed by atoms with Crippen molar-refractivity contribution in [1.29, 1.82) is 0 Å². The van der Waals surface area contributed by atoms with Crippen LogP contribution in [-0.4, -0.2) is 49.3 Å². The standard InChI is InChI=1S/C13H24N4O2S2/c1-10-13(11(2)17(16-10)7-6-14-3)21(18,19)15-9-12-5-4-8-20-12/h12,14-15H,4-9H2,1-3H3. The molecule has 1 saturated heterocycles. The van der Waals surface area contributed by atoms with Gasteiger partial charge in [-0.25, -0.2) is 13.1 Å². The van der Waals surface area contributed by atoms with Crippen LogP contribution in [0.15, 0.2) is 4.90 Å². The van der Waals surface area contributed by atoms with Gasteiger partial charge in [0.25, 0.3) is 0 Å². The normalized spacial score (nSPS) is 19.3. The van der Waals surface area contributed by atoms with Crippen molar-refractivity contribution in [1.82, 2.24) is 19.8 Å². The molecule has 1 aromatic rings. The van der Waals surface area contributed by atoms with E-state index in [1.54, 1.807) is 11.6 Å². The molecule has 6 nitrogen and oxygen atoms in total. The maximum atomic E-state index is 12.5. The van der Waals surface area contributed by atoms with Gasteiger partial charge in [-0.2, -0.15) is 16.9 Å². The van der Waals surface area contributed by atoms with E-state index in [0.717, 1.165) is 18.7 Å². The monoisotopic (exact) mass is 332 g/mol. The lowest BCUT2D eigenvalue weighted by Gasteiger charge is -2.11. The molecule has 0 radical (unpaired) electrons. The number of hydrogen-bond donors (Lipinski definition) is 2. The Bertz CT molecular complexity index is 577. The Kier molecular flexibility index (Phi) is 5.70. The third-order valence-electron chi connectivity index (χ3n) is 3.68. The van der Waals surface area contributed by atoms with Crippen molar-refractivity contribution in [2.45, 2.75) is 43.4 Å². The topological polar surface area (TPSA) is 76.0 Å². The number of likely N-dealkylation sites (N-methyl/N-ethyl adjacent to an activating group) is 1. The summed E-state index contributed by atoms with van der Waals surface area (Å²) in [6, 6.07) is 0. The van der Waals surface area contributed by atoms with Crippen LogP contribution in [0, 0.1) is 13.8 Å². The molecule has 8 heteroatoms. The molecule has 2 N–H and O–H groups in total. The lowest BCUT2D eigenvalue weighted by molar-refractivity contribution is 0.563. The summed E-state index contributed by atoms with van der Waals surface area (Å²) < 4.78 is 29.6. The molecule has 0 aromatic carbocycles. The summed E-state index contributed by atoms with van der Waals surface area (Å²) in [6.45, 7) is 5.49. The summed E-state index contributed by atoms with van der Waals surface area (Å²) in [5, 5.41) is 7.79. The Morgan fingerprint density at radius 1 is 1.43 bits per heavy atom. The maximum absolute atomic E-state index is 12.5. The number of thioether (sulfide) groups is 1. The predicted molar refractivity (Wildman–Crippen MR) is 86.3 cm³/mol. The van der Waals surface area contributed by atoms with Crippen LogP contribution in [0.5, 0.6) is 0 Å². The highest BCUT2D eigenvalue weighted by molar-refractivity contribution is 8.00. The molecule has 0 saturated carbocycles. The molecule has 1 aliphatic rings. The average Bonchev–Trinajstić information content (AvgIpc) is 3.03. The molecule has 1 atom stereocenters. The molecule has 1 fully saturated rings. The highest BCUT2D eigenvalue weighted by atomic mass is 32.2. The van der Waals surface area contributed by atoms with Crippen LogP contribution in [0.4, 0.5) is 0 Å². The van der Waals surface area contributed by atoms with Gasteiger partial charge in [0, 0.05) is 18.3 Å².